The van der Waals surface area contributed by atoms with Crippen molar-refractivity contribution >= 4 is 17.2 Å². The van der Waals surface area contributed by atoms with Crippen LogP contribution in [0.5, 0.6) is 5.75 Å². The molecule has 142 valence electrons. The summed E-state index contributed by atoms with van der Waals surface area (Å²) in [6.45, 7) is 6.74. The summed E-state index contributed by atoms with van der Waals surface area (Å²) >= 11 is 1.52. The normalized spacial score (nSPS) is 10.7. The lowest BCUT2D eigenvalue weighted by atomic mass is 10.2. The molecule has 0 atom stereocenters. The minimum atomic E-state index is -0.00476. The van der Waals surface area contributed by atoms with Gasteiger partial charge in [0, 0.05) is 25.1 Å². The molecule has 0 unspecified atom stereocenters. The summed E-state index contributed by atoms with van der Waals surface area (Å²) in [7, 11) is 0. The van der Waals surface area contributed by atoms with Gasteiger partial charge in [0.05, 0.1) is 12.1 Å². The van der Waals surface area contributed by atoms with Crippen molar-refractivity contribution in [1.29, 1.82) is 0 Å². The number of hydrogen-bond acceptors (Lipinski definition) is 5. The summed E-state index contributed by atoms with van der Waals surface area (Å²) < 4.78 is 11.2. The lowest BCUT2D eigenvalue weighted by molar-refractivity contribution is -0.120. The molecule has 2 aromatic rings. The summed E-state index contributed by atoms with van der Waals surface area (Å²) in [6.07, 6.45) is 3.37. The first kappa shape index (κ1) is 20.4. The van der Waals surface area contributed by atoms with Gasteiger partial charge in [0.15, 0.2) is 0 Å². The van der Waals surface area contributed by atoms with Crippen molar-refractivity contribution in [1.82, 2.24) is 10.3 Å². The molecule has 0 aliphatic rings. The molecule has 0 saturated heterocycles. The van der Waals surface area contributed by atoms with Gasteiger partial charge in [-0.3, -0.25) is 4.79 Å². The van der Waals surface area contributed by atoms with Crippen molar-refractivity contribution in [2.75, 3.05) is 19.8 Å². The Morgan fingerprint density at radius 2 is 1.96 bits per heavy atom. The molecule has 0 saturated carbocycles. The van der Waals surface area contributed by atoms with Gasteiger partial charge >= 0.3 is 0 Å². The van der Waals surface area contributed by atoms with Crippen LogP contribution in [0.4, 0.5) is 0 Å². The molecule has 0 spiro atoms. The number of rotatable bonds is 12. The molecule has 0 bridgehead atoms. The maximum absolute atomic E-state index is 11.9. The van der Waals surface area contributed by atoms with Crippen LogP contribution in [0.3, 0.4) is 0 Å². The Morgan fingerprint density at radius 1 is 1.19 bits per heavy atom. The molecule has 2 rings (SSSR count). The highest BCUT2D eigenvalue weighted by Gasteiger charge is 2.08. The van der Waals surface area contributed by atoms with Crippen LogP contribution in [-0.2, 0) is 22.6 Å². The molecule has 5 nitrogen and oxygen atoms in total. The Morgan fingerprint density at radius 3 is 2.73 bits per heavy atom. The van der Waals surface area contributed by atoms with Gasteiger partial charge in [-0.2, -0.15) is 0 Å². The Bertz CT molecular complexity index is 655. The molecule has 0 aliphatic carbocycles. The number of aryl methyl sites for hydroxylation is 1. The topological polar surface area (TPSA) is 60.5 Å². The van der Waals surface area contributed by atoms with E-state index in [0.717, 1.165) is 42.3 Å². The smallest absolute Gasteiger partial charge is 0.226 e. The van der Waals surface area contributed by atoms with E-state index in [9.17, 15) is 4.79 Å². The molecular weight excluding hydrogens is 348 g/mol. The standard InChI is InChI=1S/C20H28N2O3S/c1-3-4-11-24-12-5-10-21-19(23)13-17-15-26-20(22-17)14-25-18-8-6-16(2)7-9-18/h6-9,15H,3-5,10-14H2,1-2H3,(H,21,23). The molecule has 0 fully saturated rings. The third-order valence-corrected chi connectivity index (χ3v) is 4.63. The van der Waals surface area contributed by atoms with Gasteiger partial charge in [-0.05, 0) is 31.9 Å². The van der Waals surface area contributed by atoms with Crippen LogP contribution in [0.2, 0.25) is 0 Å². The zero-order chi connectivity index (χ0) is 18.6. The number of amides is 1. The minimum absolute atomic E-state index is 0.00476. The molecule has 1 N–H and O–H groups in total. The SMILES string of the molecule is CCCCOCCCNC(=O)Cc1csc(COc2ccc(C)cc2)n1. The number of nitrogens with zero attached hydrogens (tertiary/aromatic N) is 1. The Kier molecular flexibility index (Phi) is 9.14. The number of hydrogen-bond donors (Lipinski definition) is 1. The molecular formula is C20H28N2O3S. The zero-order valence-corrected chi connectivity index (χ0v) is 16.4. The lowest BCUT2D eigenvalue weighted by Crippen LogP contribution is -2.27. The van der Waals surface area contributed by atoms with Crippen LogP contribution in [-0.4, -0.2) is 30.6 Å². The number of thiazole rings is 1. The van der Waals surface area contributed by atoms with Crippen LogP contribution < -0.4 is 10.1 Å². The van der Waals surface area contributed by atoms with Gasteiger partial charge in [-0.25, -0.2) is 4.98 Å². The van der Waals surface area contributed by atoms with E-state index < -0.39 is 0 Å². The van der Waals surface area contributed by atoms with Crippen LogP contribution in [0.25, 0.3) is 0 Å². The summed E-state index contributed by atoms with van der Waals surface area (Å²) in [5.41, 5.74) is 1.99. The van der Waals surface area contributed by atoms with Crippen LogP contribution in [0.1, 0.15) is 42.5 Å². The van der Waals surface area contributed by atoms with E-state index in [1.165, 1.54) is 16.9 Å². The Hall–Kier alpha value is -1.92. The zero-order valence-electron chi connectivity index (χ0n) is 15.6. The van der Waals surface area contributed by atoms with Gasteiger partial charge in [0.1, 0.15) is 17.4 Å². The van der Waals surface area contributed by atoms with Crippen molar-refractivity contribution in [2.45, 2.75) is 46.1 Å². The Balaban J connectivity index is 1.62. The van der Waals surface area contributed by atoms with Gasteiger partial charge < -0.3 is 14.8 Å². The highest BCUT2D eigenvalue weighted by atomic mass is 32.1. The molecule has 1 amide bonds. The number of ether oxygens (including phenoxy) is 2. The molecule has 1 heterocycles. The molecule has 1 aromatic heterocycles. The average Bonchev–Trinajstić information content (AvgIpc) is 3.08. The van der Waals surface area contributed by atoms with Crippen molar-refractivity contribution in [3.05, 3.63) is 45.9 Å². The van der Waals surface area contributed by atoms with Gasteiger partial charge in [-0.1, -0.05) is 31.0 Å². The first-order chi connectivity index (χ1) is 12.7. The summed E-state index contributed by atoms with van der Waals surface area (Å²) in [4.78, 5) is 16.4. The highest BCUT2D eigenvalue weighted by Crippen LogP contribution is 2.16. The number of carbonyl (C=O) groups excluding carboxylic acids is 1. The third-order valence-electron chi connectivity index (χ3n) is 3.75. The second-order valence-electron chi connectivity index (χ2n) is 6.18. The van der Waals surface area contributed by atoms with Crippen LogP contribution >= 0.6 is 11.3 Å². The minimum Gasteiger partial charge on any atom is -0.486 e. The van der Waals surface area contributed by atoms with E-state index in [2.05, 4.69) is 17.2 Å². The number of benzene rings is 1. The fourth-order valence-electron chi connectivity index (χ4n) is 2.25. The second-order valence-corrected chi connectivity index (χ2v) is 7.12. The molecule has 0 aliphatic heterocycles. The number of aromatic nitrogens is 1. The molecule has 6 heteroatoms. The van der Waals surface area contributed by atoms with Crippen LogP contribution in [0.15, 0.2) is 29.6 Å². The second kappa shape index (κ2) is 11.6. The predicted octanol–water partition coefficient (Wildman–Crippen LogP) is 3.90. The van der Waals surface area contributed by atoms with E-state index in [-0.39, 0.29) is 5.91 Å². The quantitative estimate of drug-likeness (QED) is 0.571. The van der Waals surface area contributed by atoms with Crippen molar-refractivity contribution in [3.63, 3.8) is 0 Å². The highest BCUT2D eigenvalue weighted by molar-refractivity contribution is 7.09. The molecule has 0 radical (unpaired) electrons. The van der Waals surface area contributed by atoms with Crippen molar-refractivity contribution < 1.29 is 14.3 Å². The van der Waals surface area contributed by atoms with E-state index >= 15 is 0 Å². The van der Waals surface area contributed by atoms with E-state index in [4.69, 9.17) is 9.47 Å². The molecule has 1 aromatic carbocycles. The fraction of sp³-hybridized carbons (Fsp3) is 0.500. The maximum Gasteiger partial charge on any atom is 0.226 e. The van der Waals surface area contributed by atoms with E-state index in [1.807, 2.05) is 36.6 Å². The number of unbranched alkanes of at least 4 members (excludes halogenated alkanes) is 1. The number of nitrogens with one attached hydrogen (secondary N) is 1. The maximum atomic E-state index is 11.9. The van der Waals surface area contributed by atoms with Gasteiger partial charge in [0.2, 0.25) is 5.91 Å². The van der Waals surface area contributed by atoms with Crippen LogP contribution in [0, 0.1) is 6.92 Å². The molecule has 26 heavy (non-hydrogen) atoms. The van der Waals surface area contributed by atoms with Gasteiger partial charge in [0.25, 0.3) is 0 Å². The fourth-order valence-corrected chi connectivity index (χ4v) is 2.96. The van der Waals surface area contributed by atoms with Gasteiger partial charge in [-0.15, -0.1) is 11.3 Å². The first-order valence-electron chi connectivity index (χ1n) is 9.14. The van der Waals surface area contributed by atoms with E-state index in [1.54, 1.807) is 0 Å². The van der Waals surface area contributed by atoms with Crippen molar-refractivity contribution in [2.24, 2.45) is 0 Å². The lowest BCUT2D eigenvalue weighted by Gasteiger charge is -2.05. The monoisotopic (exact) mass is 376 g/mol. The largest absolute Gasteiger partial charge is 0.486 e. The van der Waals surface area contributed by atoms with E-state index in [0.29, 0.717) is 26.2 Å². The number of carbonyl (C=O) groups is 1. The third kappa shape index (κ3) is 7.97. The summed E-state index contributed by atoms with van der Waals surface area (Å²) in [5.74, 6) is 0.820. The Labute approximate surface area is 159 Å². The summed E-state index contributed by atoms with van der Waals surface area (Å²) in [5, 5.41) is 5.70. The van der Waals surface area contributed by atoms with Crippen molar-refractivity contribution in [3.8, 4) is 5.75 Å². The predicted molar refractivity (Wildman–Crippen MR) is 105 cm³/mol. The first-order valence-corrected chi connectivity index (χ1v) is 10.0. The summed E-state index contributed by atoms with van der Waals surface area (Å²) in [6, 6.07) is 7.93. The average molecular weight is 377 g/mol.